The van der Waals surface area contributed by atoms with Crippen molar-refractivity contribution >= 4 is 28.8 Å². The lowest BCUT2D eigenvalue weighted by molar-refractivity contribution is -0.131. The molecule has 1 aliphatic heterocycles. The van der Waals surface area contributed by atoms with E-state index in [-0.39, 0.29) is 17.9 Å². The van der Waals surface area contributed by atoms with E-state index in [1.807, 2.05) is 41.1 Å². The molecule has 2 aromatic rings. The fourth-order valence-electron chi connectivity index (χ4n) is 4.16. The van der Waals surface area contributed by atoms with E-state index in [4.69, 9.17) is 4.98 Å². The smallest absolute Gasteiger partial charge is 0.227 e. The zero-order valence-electron chi connectivity index (χ0n) is 16.6. The molecule has 0 spiro atoms. The van der Waals surface area contributed by atoms with Gasteiger partial charge < -0.3 is 9.80 Å². The molecule has 1 fully saturated rings. The first-order valence-corrected chi connectivity index (χ1v) is 11.0. The third-order valence-corrected chi connectivity index (χ3v) is 7.15. The summed E-state index contributed by atoms with van der Waals surface area (Å²) in [5.41, 5.74) is 3.11. The highest BCUT2D eigenvalue weighted by Crippen LogP contribution is 2.38. The predicted octanol–water partition coefficient (Wildman–Crippen LogP) is 3.91. The van der Waals surface area contributed by atoms with Gasteiger partial charge in [0.15, 0.2) is 0 Å². The molecule has 0 radical (unpaired) electrons. The Balaban J connectivity index is 1.44. The molecule has 1 aromatic carbocycles. The summed E-state index contributed by atoms with van der Waals surface area (Å²) < 4.78 is 0. The first kappa shape index (κ1) is 19.1. The van der Waals surface area contributed by atoms with Crippen molar-refractivity contribution in [1.29, 1.82) is 0 Å². The van der Waals surface area contributed by atoms with Crippen molar-refractivity contribution in [3.05, 3.63) is 45.4 Å². The van der Waals surface area contributed by atoms with E-state index in [0.717, 1.165) is 49.9 Å². The van der Waals surface area contributed by atoms with Crippen molar-refractivity contribution in [2.75, 3.05) is 18.5 Å². The molecular formula is C22H27N3O2S. The molecule has 28 heavy (non-hydrogen) atoms. The second-order valence-electron chi connectivity index (χ2n) is 7.68. The van der Waals surface area contributed by atoms with Crippen LogP contribution >= 0.6 is 11.3 Å². The maximum absolute atomic E-state index is 12.9. The Bertz CT molecular complexity index is 874. The SMILES string of the molecule is CCc1nc2c(s1)C(N(C)C(=O)Cc1ccc(N3CCCC3=O)cc1)CCC2. The van der Waals surface area contributed by atoms with E-state index in [9.17, 15) is 9.59 Å². The van der Waals surface area contributed by atoms with Crippen LogP contribution in [0.1, 0.15) is 59.8 Å². The summed E-state index contributed by atoms with van der Waals surface area (Å²) in [6, 6.07) is 8.01. The molecule has 1 aliphatic carbocycles. The third kappa shape index (κ3) is 3.70. The normalized spacial score (nSPS) is 19.0. The summed E-state index contributed by atoms with van der Waals surface area (Å²) in [5, 5.41) is 1.17. The second kappa shape index (κ2) is 8.03. The number of rotatable bonds is 5. The second-order valence-corrected chi connectivity index (χ2v) is 8.79. The van der Waals surface area contributed by atoms with Gasteiger partial charge in [-0.05, 0) is 49.8 Å². The maximum Gasteiger partial charge on any atom is 0.227 e. The lowest BCUT2D eigenvalue weighted by Crippen LogP contribution is -2.33. The van der Waals surface area contributed by atoms with Crippen LogP contribution in [-0.2, 0) is 28.9 Å². The molecule has 1 unspecified atom stereocenters. The van der Waals surface area contributed by atoms with Gasteiger partial charge in [0.25, 0.3) is 0 Å². The highest BCUT2D eigenvalue weighted by atomic mass is 32.1. The van der Waals surface area contributed by atoms with E-state index >= 15 is 0 Å². The van der Waals surface area contributed by atoms with Gasteiger partial charge in [-0.25, -0.2) is 4.98 Å². The minimum Gasteiger partial charge on any atom is -0.338 e. The number of hydrogen-bond donors (Lipinski definition) is 0. The van der Waals surface area contributed by atoms with Crippen LogP contribution in [0.15, 0.2) is 24.3 Å². The summed E-state index contributed by atoms with van der Waals surface area (Å²) in [6.07, 6.45) is 6.01. The minimum absolute atomic E-state index is 0.134. The molecule has 2 amide bonds. The summed E-state index contributed by atoms with van der Waals surface area (Å²) >= 11 is 1.77. The quantitative estimate of drug-likeness (QED) is 0.769. The molecule has 1 saturated heterocycles. The van der Waals surface area contributed by atoms with Crippen LogP contribution < -0.4 is 4.90 Å². The first-order valence-electron chi connectivity index (χ1n) is 10.2. The van der Waals surface area contributed by atoms with Crippen molar-refractivity contribution in [2.24, 2.45) is 0 Å². The molecule has 1 aromatic heterocycles. The van der Waals surface area contributed by atoms with Crippen LogP contribution in [0.2, 0.25) is 0 Å². The Kier molecular flexibility index (Phi) is 5.49. The van der Waals surface area contributed by atoms with Crippen molar-refractivity contribution in [2.45, 2.75) is 57.9 Å². The van der Waals surface area contributed by atoms with Gasteiger partial charge >= 0.3 is 0 Å². The monoisotopic (exact) mass is 397 g/mol. The number of hydrogen-bond acceptors (Lipinski definition) is 4. The fraction of sp³-hybridized carbons (Fsp3) is 0.500. The van der Waals surface area contributed by atoms with Crippen LogP contribution in [0.3, 0.4) is 0 Å². The number of likely N-dealkylation sites (N-methyl/N-ethyl adjacent to an activating group) is 1. The molecule has 2 heterocycles. The van der Waals surface area contributed by atoms with E-state index < -0.39 is 0 Å². The van der Waals surface area contributed by atoms with Crippen molar-refractivity contribution < 1.29 is 9.59 Å². The molecule has 1 atom stereocenters. The zero-order valence-corrected chi connectivity index (χ0v) is 17.4. The van der Waals surface area contributed by atoms with Gasteiger partial charge in [0.05, 0.1) is 28.0 Å². The molecule has 148 valence electrons. The van der Waals surface area contributed by atoms with Gasteiger partial charge in [-0.15, -0.1) is 11.3 Å². The third-order valence-electron chi connectivity index (χ3n) is 5.81. The molecule has 6 heteroatoms. The van der Waals surface area contributed by atoms with E-state index in [1.54, 1.807) is 11.3 Å². The van der Waals surface area contributed by atoms with E-state index in [1.165, 1.54) is 15.6 Å². The Hall–Kier alpha value is -2.21. The molecule has 0 bridgehead atoms. The lowest BCUT2D eigenvalue weighted by atomic mass is 9.96. The van der Waals surface area contributed by atoms with Crippen LogP contribution in [0.5, 0.6) is 0 Å². The highest BCUT2D eigenvalue weighted by Gasteiger charge is 2.30. The van der Waals surface area contributed by atoms with Gasteiger partial charge in [-0.1, -0.05) is 19.1 Å². The molecule has 4 rings (SSSR count). The Morgan fingerprint density at radius 3 is 2.71 bits per heavy atom. The number of benzene rings is 1. The van der Waals surface area contributed by atoms with Gasteiger partial charge in [-0.2, -0.15) is 0 Å². The Morgan fingerprint density at radius 2 is 2.04 bits per heavy atom. The molecule has 0 N–H and O–H groups in total. The van der Waals surface area contributed by atoms with Gasteiger partial charge in [-0.3, -0.25) is 9.59 Å². The standard InChI is InChI=1S/C22H27N3O2S/c1-3-19-23-17-6-4-7-18(22(17)28-19)24(2)21(27)14-15-9-11-16(12-10-15)25-13-5-8-20(25)26/h9-12,18H,3-8,13-14H2,1-2H3. The van der Waals surface area contributed by atoms with E-state index in [0.29, 0.717) is 12.8 Å². The Labute approximate surface area is 170 Å². The van der Waals surface area contributed by atoms with Gasteiger partial charge in [0, 0.05) is 25.7 Å². The zero-order chi connectivity index (χ0) is 19.7. The first-order chi connectivity index (χ1) is 13.6. The Morgan fingerprint density at radius 1 is 1.25 bits per heavy atom. The molecular weight excluding hydrogens is 370 g/mol. The summed E-state index contributed by atoms with van der Waals surface area (Å²) in [6.45, 7) is 2.92. The van der Waals surface area contributed by atoms with Crippen molar-refractivity contribution in [3.8, 4) is 0 Å². The summed E-state index contributed by atoms with van der Waals surface area (Å²) in [5.74, 6) is 0.321. The number of amides is 2. The number of carbonyl (C=O) groups excluding carboxylic acids is 2. The number of carbonyl (C=O) groups is 2. The fourth-order valence-corrected chi connectivity index (χ4v) is 5.39. The summed E-state index contributed by atoms with van der Waals surface area (Å²) in [7, 11) is 1.92. The van der Waals surface area contributed by atoms with Crippen LogP contribution in [0.25, 0.3) is 0 Å². The topological polar surface area (TPSA) is 53.5 Å². The number of thiazole rings is 1. The number of aryl methyl sites for hydroxylation is 2. The van der Waals surface area contributed by atoms with Crippen LogP contribution in [0.4, 0.5) is 5.69 Å². The van der Waals surface area contributed by atoms with E-state index in [2.05, 4.69) is 6.92 Å². The molecule has 2 aliphatic rings. The highest BCUT2D eigenvalue weighted by molar-refractivity contribution is 7.11. The van der Waals surface area contributed by atoms with Gasteiger partial charge in [0.2, 0.25) is 11.8 Å². The van der Waals surface area contributed by atoms with Crippen molar-refractivity contribution in [1.82, 2.24) is 9.88 Å². The minimum atomic E-state index is 0.134. The molecule has 5 nitrogen and oxygen atoms in total. The maximum atomic E-state index is 12.9. The average Bonchev–Trinajstić information content (AvgIpc) is 3.33. The molecule has 0 saturated carbocycles. The summed E-state index contributed by atoms with van der Waals surface area (Å²) in [4.78, 5) is 34.6. The largest absolute Gasteiger partial charge is 0.338 e. The predicted molar refractivity (Wildman–Crippen MR) is 112 cm³/mol. The number of aromatic nitrogens is 1. The lowest BCUT2D eigenvalue weighted by Gasteiger charge is -2.31. The average molecular weight is 398 g/mol. The van der Waals surface area contributed by atoms with Gasteiger partial charge in [0.1, 0.15) is 0 Å². The van der Waals surface area contributed by atoms with Crippen LogP contribution in [0, 0.1) is 0 Å². The number of anilines is 1. The van der Waals surface area contributed by atoms with Crippen LogP contribution in [-0.4, -0.2) is 35.3 Å². The number of fused-ring (bicyclic) bond motifs is 1. The van der Waals surface area contributed by atoms with Crippen molar-refractivity contribution in [3.63, 3.8) is 0 Å². The number of nitrogens with zero attached hydrogens (tertiary/aromatic N) is 3.